The molecule has 0 saturated heterocycles. The normalized spacial score (nSPS) is 12.5. The van der Waals surface area contributed by atoms with Gasteiger partial charge in [-0.05, 0) is 20.3 Å². The molecule has 0 unspecified atom stereocenters. The average molecular weight is 342 g/mol. The third-order valence-electron chi connectivity index (χ3n) is 3.81. The van der Waals surface area contributed by atoms with Crippen LogP contribution in [0.1, 0.15) is 33.2 Å². The highest BCUT2D eigenvalue weighted by molar-refractivity contribution is 5.74. The van der Waals surface area contributed by atoms with Crippen LogP contribution in [0.25, 0.3) is 11.2 Å². The third-order valence-corrected chi connectivity index (χ3v) is 3.81. The summed E-state index contributed by atoms with van der Waals surface area (Å²) in [4.78, 5) is 21.6. The van der Waals surface area contributed by atoms with Gasteiger partial charge in [-0.3, -0.25) is 9.55 Å². The Morgan fingerprint density at radius 1 is 1.12 bits per heavy atom. The average Bonchev–Trinajstić information content (AvgIpc) is 2.98. The first-order chi connectivity index (χ1) is 12.1. The Labute approximate surface area is 145 Å². The highest BCUT2D eigenvalue weighted by Crippen LogP contribution is 2.24. The summed E-state index contributed by atoms with van der Waals surface area (Å²) in [6, 6.07) is 0.107. The van der Waals surface area contributed by atoms with Crippen molar-refractivity contribution >= 4 is 28.7 Å². The van der Waals surface area contributed by atoms with Gasteiger partial charge in [0, 0.05) is 6.04 Å². The summed E-state index contributed by atoms with van der Waals surface area (Å²) in [5.41, 5.74) is 1.48. The minimum absolute atomic E-state index is 0.0393. The Hall–Kier alpha value is -2.81. The molecule has 3 rings (SSSR count). The fourth-order valence-electron chi connectivity index (χ4n) is 2.52. The van der Waals surface area contributed by atoms with Crippen molar-refractivity contribution in [3.8, 4) is 0 Å². The molecule has 0 bridgehead atoms. The molecular weight excluding hydrogens is 320 g/mol. The molecule has 0 amide bonds. The lowest BCUT2D eigenvalue weighted by molar-refractivity contribution is 0.271. The zero-order chi connectivity index (χ0) is 17.8. The van der Waals surface area contributed by atoms with E-state index in [1.165, 1.54) is 6.33 Å². The molecule has 3 aromatic heterocycles. The van der Waals surface area contributed by atoms with Gasteiger partial charge >= 0.3 is 0 Å². The van der Waals surface area contributed by atoms with Gasteiger partial charge in [0.2, 0.25) is 5.95 Å². The van der Waals surface area contributed by atoms with E-state index < -0.39 is 0 Å². The van der Waals surface area contributed by atoms with E-state index in [1.807, 2.05) is 11.5 Å². The Morgan fingerprint density at radius 3 is 2.64 bits per heavy atom. The molecule has 3 heterocycles. The summed E-state index contributed by atoms with van der Waals surface area (Å²) in [7, 11) is 0. The number of aliphatic hydroxyl groups excluding tert-OH is 1. The van der Waals surface area contributed by atoms with Gasteiger partial charge in [-0.15, -0.1) is 0 Å². The Morgan fingerprint density at radius 2 is 1.92 bits per heavy atom. The van der Waals surface area contributed by atoms with Gasteiger partial charge in [-0.25, -0.2) is 19.9 Å². The van der Waals surface area contributed by atoms with E-state index in [4.69, 9.17) is 0 Å². The Bertz CT molecular complexity index is 843. The van der Waals surface area contributed by atoms with E-state index in [2.05, 4.69) is 49.4 Å². The SMILES string of the molecule is CC[C@H](CO)Nc1cncc(Nc2nc3cncnc3n2C(C)C)n1. The molecule has 1 atom stereocenters. The molecular formula is C16H22N8O. The van der Waals surface area contributed by atoms with E-state index in [0.717, 1.165) is 12.1 Å². The van der Waals surface area contributed by atoms with Crippen LogP contribution in [0, 0.1) is 0 Å². The number of imidazole rings is 1. The number of nitrogens with zero attached hydrogens (tertiary/aromatic N) is 6. The summed E-state index contributed by atoms with van der Waals surface area (Å²) in [6.45, 7) is 6.16. The largest absolute Gasteiger partial charge is 0.394 e. The number of aromatic nitrogens is 6. The molecule has 0 aromatic carbocycles. The zero-order valence-corrected chi connectivity index (χ0v) is 14.5. The van der Waals surface area contributed by atoms with Gasteiger partial charge < -0.3 is 15.7 Å². The number of anilines is 3. The topological polar surface area (TPSA) is 114 Å². The maximum absolute atomic E-state index is 9.32. The van der Waals surface area contributed by atoms with Gasteiger partial charge in [-0.1, -0.05) is 6.92 Å². The van der Waals surface area contributed by atoms with Crippen LogP contribution in [-0.2, 0) is 0 Å². The predicted molar refractivity (Wildman–Crippen MR) is 95.8 cm³/mol. The number of rotatable bonds is 7. The molecule has 132 valence electrons. The van der Waals surface area contributed by atoms with E-state index in [1.54, 1.807) is 18.6 Å². The minimum Gasteiger partial charge on any atom is -0.394 e. The maximum Gasteiger partial charge on any atom is 0.211 e. The Balaban J connectivity index is 1.90. The molecule has 0 radical (unpaired) electrons. The van der Waals surface area contributed by atoms with Gasteiger partial charge in [0.25, 0.3) is 0 Å². The summed E-state index contributed by atoms with van der Waals surface area (Å²) in [6.07, 6.45) is 7.23. The van der Waals surface area contributed by atoms with Crippen LogP contribution in [0.3, 0.4) is 0 Å². The molecule has 3 N–H and O–H groups in total. The highest BCUT2D eigenvalue weighted by Gasteiger charge is 2.15. The van der Waals surface area contributed by atoms with Crippen LogP contribution in [-0.4, -0.2) is 47.2 Å². The first-order valence-electron chi connectivity index (χ1n) is 8.26. The first-order valence-corrected chi connectivity index (χ1v) is 8.26. The summed E-state index contributed by atoms with van der Waals surface area (Å²) >= 11 is 0. The van der Waals surface area contributed by atoms with Gasteiger partial charge in [0.1, 0.15) is 17.7 Å². The van der Waals surface area contributed by atoms with Crippen LogP contribution in [0.2, 0.25) is 0 Å². The van der Waals surface area contributed by atoms with Gasteiger partial charge in [-0.2, -0.15) is 0 Å². The molecule has 3 aromatic rings. The maximum atomic E-state index is 9.32. The fraction of sp³-hybridized carbons (Fsp3) is 0.438. The number of aliphatic hydroxyl groups is 1. The highest BCUT2D eigenvalue weighted by atomic mass is 16.3. The van der Waals surface area contributed by atoms with Crippen molar-refractivity contribution < 1.29 is 5.11 Å². The summed E-state index contributed by atoms with van der Waals surface area (Å²) in [5.74, 6) is 1.78. The van der Waals surface area contributed by atoms with Crippen LogP contribution < -0.4 is 10.6 Å². The van der Waals surface area contributed by atoms with Crippen LogP contribution in [0.15, 0.2) is 24.9 Å². The van der Waals surface area contributed by atoms with Crippen molar-refractivity contribution in [2.45, 2.75) is 39.3 Å². The third kappa shape index (κ3) is 3.66. The number of hydrogen-bond acceptors (Lipinski definition) is 8. The fourth-order valence-corrected chi connectivity index (χ4v) is 2.52. The molecule has 9 nitrogen and oxygen atoms in total. The van der Waals surface area contributed by atoms with Crippen LogP contribution >= 0.6 is 0 Å². The second-order valence-electron chi connectivity index (χ2n) is 5.98. The lowest BCUT2D eigenvalue weighted by Gasteiger charge is -2.16. The number of hydrogen-bond donors (Lipinski definition) is 3. The van der Waals surface area contributed by atoms with E-state index in [-0.39, 0.29) is 18.7 Å². The lowest BCUT2D eigenvalue weighted by atomic mass is 10.2. The quantitative estimate of drug-likeness (QED) is 0.598. The standard InChI is InChI=1S/C16H22N8O/c1-4-11(8-25)20-13-6-17-7-14(22-13)23-16-21-12-5-18-9-19-15(12)24(16)10(2)3/h5-7,9-11,25H,4,8H2,1-3H3,(H2,20,21,22,23)/t11-/m1/s1. The predicted octanol–water partition coefficient (Wildman–Crippen LogP) is 2.12. The van der Waals surface area contributed by atoms with Crippen LogP contribution in [0.5, 0.6) is 0 Å². The van der Waals surface area contributed by atoms with Crippen molar-refractivity contribution in [3.63, 3.8) is 0 Å². The monoisotopic (exact) mass is 342 g/mol. The van der Waals surface area contributed by atoms with Crippen molar-refractivity contribution in [1.82, 2.24) is 29.5 Å². The second kappa shape index (κ2) is 7.39. The Kier molecular flexibility index (Phi) is 5.03. The molecule has 0 aliphatic heterocycles. The summed E-state index contributed by atoms with van der Waals surface area (Å²) < 4.78 is 1.99. The van der Waals surface area contributed by atoms with Crippen molar-refractivity contribution in [1.29, 1.82) is 0 Å². The zero-order valence-electron chi connectivity index (χ0n) is 14.5. The van der Waals surface area contributed by atoms with Gasteiger partial charge in [0.15, 0.2) is 11.5 Å². The summed E-state index contributed by atoms with van der Waals surface area (Å²) in [5, 5.41) is 15.7. The van der Waals surface area contributed by atoms with Crippen molar-refractivity contribution in [2.24, 2.45) is 0 Å². The number of fused-ring (bicyclic) bond motifs is 1. The van der Waals surface area contributed by atoms with E-state index in [9.17, 15) is 5.11 Å². The lowest BCUT2D eigenvalue weighted by Crippen LogP contribution is -2.23. The second-order valence-corrected chi connectivity index (χ2v) is 5.98. The molecule has 0 spiro atoms. The van der Waals surface area contributed by atoms with E-state index >= 15 is 0 Å². The molecule has 9 heteroatoms. The molecule has 0 aliphatic carbocycles. The van der Waals surface area contributed by atoms with Gasteiger partial charge in [0.05, 0.1) is 31.2 Å². The van der Waals surface area contributed by atoms with E-state index in [0.29, 0.717) is 23.1 Å². The van der Waals surface area contributed by atoms with Crippen molar-refractivity contribution in [2.75, 3.05) is 17.2 Å². The van der Waals surface area contributed by atoms with Crippen molar-refractivity contribution in [3.05, 3.63) is 24.9 Å². The minimum atomic E-state index is -0.0555. The van der Waals surface area contributed by atoms with Crippen LogP contribution in [0.4, 0.5) is 17.6 Å². The number of nitrogens with one attached hydrogen (secondary N) is 2. The molecule has 0 aliphatic rings. The smallest absolute Gasteiger partial charge is 0.211 e. The first kappa shape index (κ1) is 17.0. The molecule has 0 saturated carbocycles. The molecule has 0 fully saturated rings. The molecule has 25 heavy (non-hydrogen) atoms.